The zero-order valence-electron chi connectivity index (χ0n) is 15.9. The number of anilines is 1. The summed E-state index contributed by atoms with van der Waals surface area (Å²) in [5, 5.41) is 19.6. The number of aliphatic imine (C=N–C) groups is 1. The lowest BCUT2D eigenvalue weighted by molar-refractivity contribution is 0.457. The number of aromatic hydroxyl groups is 1. The third-order valence-electron chi connectivity index (χ3n) is 4.51. The van der Waals surface area contributed by atoms with Crippen LogP contribution >= 0.6 is 22.7 Å². The summed E-state index contributed by atoms with van der Waals surface area (Å²) in [5.74, 6) is 0.00963. The number of aromatic amines is 1. The van der Waals surface area contributed by atoms with Crippen molar-refractivity contribution in [2.45, 2.75) is 11.8 Å². The molecule has 12 heteroatoms. The summed E-state index contributed by atoms with van der Waals surface area (Å²) >= 11 is 2.64. The smallest absolute Gasteiger partial charge is 0.263 e. The molecule has 0 unspecified atom stereocenters. The number of benzene rings is 2. The Hall–Kier alpha value is -3.35. The lowest BCUT2D eigenvalue weighted by Crippen LogP contribution is -2.12. The van der Waals surface area contributed by atoms with E-state index < -0.39 is 10.0 Å². The Labute approximate surface area is 184 Å². The van der Waals surface area contributed by atoms with Crippen LogP contribution in [0.3, 0.4) is 0 Å². The summed E-state index contributed by atoms with van der Waals surface area (Å²) in [6.07, 6.45) is 1.55. The molecule has 0 spiro atoms. The van der Waals surface area contributed by atoms with Gasteiger partial charge in [-0.15, -0.1) is 21.5 Å². The molecule has 2 aromatic carbocycles. The van der Waals surface area contributed by atoms with E-state index in [1.807, 2.05) is 12.1 Å². The number of fused-ring (bicyclic) bond motifs is 3. The van der Waals surface area contributed by atoms with Crippen molar-refractivity contribution in [3.8, 4) is 5.88 Å². The first-order valence-corrected chi connectivity index (χ1v) is 12.1. The number of rotatable bonds is 5. The van der Waals surface area contributed by atoms with E-state index in [-0.39, 0.29) is 15.9 Å². The van der Waals surface area contributed by atoms with Crippen LogP contribution in [0.15, 0.2) is 51.8 Å². The molecule has 0 radical (unpaired) electrons. The standard InChI is InChI=1S/C19H14N6O3S3/c1-10-23-24-19(30-10)25-31(27,28)12-4-2-11(3-5-12)20-8-13-16-14(22-18(13)26)6-7-15-17(16)29-9-21-15/h2-9,22,26H,1H3,(H,24,25). The van der Waals surface area contributed by atoms with Gasteiger partial charge in [0.2, 0.25) is 5.13 Å². The molecule has 0 aliphatic heterocycles. The Morgan fingerprint density at radius 2 is 1.97 bits per heavy atom. The van der Waals surface area contributed by atoms with Crippen LogP contribution in [0.1, 0.15) is 10.6 Å². The van der Waals surface area contributed by atoms with Gasteiger partial charge < -0.3 is 10.1 Å². The van der Waals surface area contributed by atoms with Gasteiger partial charge in [0.15, 0.2) is 5.88 Å². The molecule has 5 aromatic rings. The second kappa shape index (κ2) is 7.41. The van der Waals surface area contributed by atoms with Crippen molar-refractivity contribution in [1.82, 2.24) is 20.2 Å². The molecule has 3 aromatic heterocycles. The minimum Gasteiger partial charge on any atom is -0.494 e. The van der Waals surface area contributed by atoms with Gasteiger partial charge in [0.05, 0.1) is 37.4 Å². The molecule has 0 aliphatic carbocycles. The number of nitrogens with one attached hydrogen (secondary N) is 2. The minimum absolute atomic E-state index is 0.00963. The molecular formula is C19H14N6O3S3. The number of aryl methyl sites for hydroxylation is 1. The van der Waals surface area contributed by atoms with Gasteiger partial charge in [-0.3, -0.25) is 9.71 Å². The normalized spacial score (nSPS) is 12.3. The molecule has 0 saturated heterocycles. The number of thiazole rings is 1. The number of hydrogen-bond acceptors (Lipinski definition) is 9. The van der Waals surface area contributed by atoms with E-state index in [2.05, 4.69) is 29.9 Å². The molecule has 156 valence electrons. The van der Waals surface area contributed by atoms with Crippen LogP contribution in [-0.4, -0.2) is 39.9 Å². The summed E-state index contributed by atoms with van der Waals surface area (Å²) < 4.78 is 28.4. The Bertz CT molecular complexity index is 1550. The number of nitrogens with zero attached hydrogens (tertiary/aromatic N) is 4. The van der Waals surface area contributed by atoms with E-state index in [9.17, 15) is 13.5 Å². The van der Waals surface area contributed by atoms with E-state index in [1.165, 1.54) is 23.5 Å². The topological polar surface area (TPSA) is 133 Å². The average Bonchev–Trinajstić information content (AvgIpc) is 3.44. The van der Waals surface area contributed by atoms with E-state index in [0.717, 1.165) is 32.5 Å². The Balaban J connectivity index is 1.44. The third-order valence-corrected chi connectivity index (χ3v) is 7.61. The summed E-state index contributed by atoms with van der Waals surface area (Å²) in [7, 11) is -3.77. The fraction of sp³-hybridized carbons (Fsp3) is 0.0526. The molecule has 31 heavy (non-hydrogen) atoms. The van der Waals surface area contributed by atoms with Crippen molar-refractivity contribution in [2.75, 3.05) is 4.72 Å². The predicted molar refractivity (Wildman–Crippen MR) is 122 cm³/mol. The number of sulfonamides is 1. The van der Waals surface area contributed by atoms with Crippen LogP contribution < -0.4 is 4.72 Å². The van der Waals surface area contributed by atoms with E-state index in [0.29, 0.717) is 16.3 Å². The Morgan fingerprint density at radius 3 is 2.71 bits per heavy atom. The second-order valence-corrected chi connectivity index (χ2v) is 10.3. The van der Waals surface area contributed by atoms with Gasteiger partial charge in [-0.05, 0) is 43.3 Å². The predicted octanol–water partition coefficient (Wildman–Crippen LogP) is 4.19. The lowest BCUT2D eigenvalue weighted by atomic mass is 10.1. The van der Waals surface area contributed by atoms with E-state index in [4.69, 9.17) is 0 Å². The molecule has 3 N–H and O–H groups in total. The van der Waals surface area contributed by atoms with Crippen LogP contribution in [0.4, 0.5) is 10.8 Å². The molecule has 5 rings (SSSR count). The molecule has 0 saturated carbocycles. The van der Waals surface area contributed by atoms with Crippen LogP contribution in [0, 0.1) is 6.92 Å². The Kier molecular flexibility index (Phi) is 4.68. The van der Waals surface area contributed by atoms with Crippen molar-refractivity contribution in [3.05, 3.63) is 52.5 Å². The molecule has 9 nitrogen and oxygen atoms in total. The van der Waals surface area contributed by atoms with Crippen molar-refractivity contribution >= 4 is 70.8 Å². The zero-order chi connectivity index (χ0) is 21.6. The maximum absolute atomic E-state index is 12.5. The fourth-order valence-electron chi connectivity index (χ4n) is 3.10. The number of aromatic nitrogens is 4. The van der Waals surface area contributed by atoms with Gasteiger partial charge in [0.1, 0.15) is 5.01 Å². The number of H-pyrrole nitrogens is 1. The van der Waals surface area contributed by atoms with Crippen LogP contribution in [0.5, 0.6) is 5.88 Å². The fourth-order valence-corrected chi connectivity index (χ4v) is 5.77. The molecule has 3 heterocycles. The summed E-state index contributed by atoms with van der Waals surface area (Å²) in [6, 6.07) is 9.84. The van der Waals surface area contributed by atoms with Gasteiger partial charge in [-0.1, -0.05) is 11.3 Å². The first-order chi connectivity index (χ1) is 14.9. The highest BCUT2D eigenvalue weighted by atomic mass is 32.2. The first kappa shape index (κ1) is 19.6. The SMILES string of the molecule is Cc1nnc(NS(=O)(=O)c2ccc(N=Cc3c(O)[nH]c4ccc5ncsc5c34)cc2)s1. The van der Waals surface area contributed by atoms with Gasteiger partial charge in [0, 0.05) is 11.6 Å². The lowest BCUT2D eigenvalue weighted by Gasteiger charge is -2.04. The average molecular weight is 471 g/mol. The summed E-state index contributed by atoms with van der Waals surface area (Å²) in [6.45, 7) is 1.74. The Morgan fingerprint density at radius 1 is 1.16 bits per heavy atom. The largest absolute Gasteiger partial charge is 0.494 e. The summed E-state index contributed by atoms with van der Waals surface area (Å²) in [4.78, 5) is 11.7. The second-order valence-electron chi connectivity index (χ2n) is 6.56. The van der Waals surface area contributed by atoms with Crippen LogP contribution in [0.2, 0.25) is 0 Å². The van der Waals surface area contributed by atoms with Gasteiger partial charge in [-0.25, -0.2) is 13.4 Å². The molecule has 0 bridgehead atoms. The first-order valence-electron chi connectivity index (χ1n) is 8.94. The maximum atomic E-state index is 12.5. The van der Waals surface area contributed by atoms with Crippen molar-refractivity contribution in [1.29, 1.82) is 0 Å². The van der Waals surface area contributed by atoms with Crippen molar-refractivity contribution < 1.29 is 13.5 Å². The molecule has 0 atom stereocenters. The van der Waals surface area contributed by atoms with Crippen LogP contribution in [0.25, 0.3) is 21.1 Å². The minimum atomic E-state index is -3.77. The molecular weight excluding hydrogens is 456 g/mol. The highest BCUT2D eigenvalue weighted by Gasteiger charge is 2.17. The quantitative estimate of drug-likeness (QED) is 0.330. The van der Waals surface area contributed by atoms with Crippen LogP contribution in [-0.2, 0) is 10.0 Å². The van der Waals surface area contributed by atoms with Gasteiger partial charge >= 0.3 is 0 Å². The van der Waals surface area contributed by atoms with Gasteiger partial charge in [-0.2, -0.15) is 0 Å². The monoisotopic (exact) mass is 470 g/mol. The van der Waals surface area contributed by atoms with Crippen molar-refractivity contribution in [3.63, 3.8) is 0 Å². The zero-order valence-corrected chi connectivity index (χ0v) is 18.3. The van der Waals surface area contributed by atoms with E-state index >= 15 is 0 Å². The number of hydrogen-bond donors (Lipinski definition) is 3. The van der Waals surface area contributed by atoms with Crippen molar-refractivity contribution in [2.24, 2.45) is 4.99 Å². The highest BCUT2D eigenvalue weighted by molar-refractivity contribution is 7.93. The molecule has 0 aliphatic rings. The summed E-state index contributed by atoms with van der Waals surface area (Å²) in [5.41, 5.74) is 4.48. The molecule has 0 fully saturated rings. The van der Waals surface area contributed by atoms with E-state index in [1.54, 1.807) is 30.8 Å². The maximum Gasteiger partial charge on any atom is 0.263 e. The van der Waals surface area contributed by atoms with Gasteiger partial charge in [0.25, 0.3) is 10.0 Å². The third kappa shape index (κ3) is 3.65. The molecule has 0 amide bonds. The highest BCUT2D eigenvalue weighted by Crippen LogP contribution is 2.34.